The van der Waals surface area contributed by atoms with Gasteiger partial charge in [-0.3, -0.25) is 9.78 Å². The summed E-state index contributed by atoms with van der Waals surface area (Å²) in [5, 5.41) is 0. The van der Waals surface area contributed by atoms with Gasteiger partial charge in [-0.2, -0.15) is 0 Å². The summed E-state index contributed by atoms with van der Waals surface area (Å²) >= 11 is 0. The summed E-state index contributed by atoms with van der Waals surface area (Å²) in [4.78, 5) is 21.4. The molecule has 132 valence electrons. The molecule has 0 saturated carbocycles. The molecular weight excluding hydrogens is 306 g/mol. The first-order chi connectivity index (χ1) is 11.5. The monoisotopic (exact) mass is 333 g/mol. The lowest BCUT2D eigenvalue weighted by Crippen LogP contribution is -2.46. The van der Waals surface area contributed by atoms with Crippen LogP contribution in [0.15, 0.2) is 12.1 Å². The van der Waals surface area contributed by atoms with Crippen molar-refractivity contribution in [1.82, 2.24) is 9.88 Å². The molecule has 2 fully saturated rings. The van der Waals surface area contributed by atoms with E-state index >= 15 is 0 Å². The summed E-state index contributed by atoms with van der Waals surface area (Å²) in [5.41, 5.74) is 2.98. The molecule has 0 radical (unpaired) electrons. The maximum atomic E-state index is 12.8. The lowest BCUT2D eigenvalue weighted by molar-refractivity contribution is -0.146. The number of carbonyl (C=O) groups excluding carboxylic acids is 1. The van der Waals surface area contributed by atoms with Gasteiger partial charge >= 0.3 is 0 Å². The van der Waals surface area contributed by atoms with Crippen LogP contribution in [-0.2, 0) is 14.3 Å². The first-order valence-corrected chi connectivity index (χ1v) is 8.68. The number of hydrogen-bond donors (Lipinski definition) is 0. The van der Waals surface area contributed by atoms with E-state index in [1.165, 1.54) is 0 Å². The number of nitrogens with zero attached hydrogens (tertiary/aromatic N) is 3. The second kappa shape index (κ2) is 7.49. The maximum Gasteiger partial charge on any atom is 0.226 e. The number of hydrogen-bond acceptors (Lipinski definition) is 5. The van der Waals surface area contributed by atoms with Crippen LogP contribution in [0.25, 0.3) is 0 Å². The van der Waals surface area contributed by atoms with E-state index in [1.807, 2.05) is 25.9 Å². The minimum absolute atomic E-state index is 0.0975. The van der Waals surface area contributed by atoms with Crippen LogP contribution in [0.2, 0.25) is 0 Å². The topological polar surface area (TPSA) is 54.9 Å². The third kappa shape index (κ3) is 3.87. The molecule has 0 aromatic carbocycles. The Labute approximate surface area is 143 Å². The largest absolute Gasteiger partial charge is 0.381 e. The van der Waals surface area contributed by atoms with E-state index in [-0.39, 0.29) is 17.9 Å². The van der Waals surface area contributed by atoms with Gasteiger partial charge in [0.15, 0.2) is 0 Å². The molecular formula is C18H27N3O3. The number of morpholine rings is 1. The molecule has 0 spiro atoms. The molecule has 1 aromatic rings. The Morgan fingerprint density at radius 2 is 2.00 bits per heavy atom. The van der Waals surface area contributed by atoms with E-state index < -0.39 is 0 Å². The average Bonchev–Trinajstić information content (AvgIpc) is 2.61. The van der Waals surface area contributed by atoms with Crippen LogP contribution in [-0.4, -0.2) is 62.8 Å². The number of carbonyl (C=O) groups is 1. The Balaban J connectivity index is 1.72. The highest BCUT2D eigenvalue weighted by atomic mass is 16.5. The Morgan fingerprint density at radius 1 is 1.25 bits per heavy atom. The van der Waals surface area contributed by atoms with Crippen molar-refractivity contribution in [3.8, 4) is 0 Å². The van der Waals surface area contributed by atoms with Crippen molar-refractivity contribution >= 4 is 11.6 Å². The van der Waals surface area contributed by atoms with E-state index in [0.29, 0.717) is 32.9 Å². The molecule has 24 heavy (non-hydrogen) atoms. The first-order valence-electron chi connectivity index (χ1n) is 8.68. The van der Waals surface area contributed by atoms with E-state index in [2.05, 4.69) is 22.0 Å². The standard InChI is InChI=1S/C18H27N3O3/c1-13-10-15(20(2)3)11-16(19-13)17-12-21(6-9-24-17)18(22)14-4-7-23-8-5-14/h10-11,14,17H,4-9,12H2,1-3H3. The summed E-state index contributed by atoms with van der Waals surface area (Å²) in [6.07, 6.45) is 1.50. The number of aromatic nitrogens is 1. The Hall–Kier alpha value is -1.66. The Bertz CT molecular complexity index is 585. The van der Waals surface area contributed by atoms with Gasteiger partial charge in [-0.15, -0.1) is 0 Å². The lowest BCUT2D eigenvalue weighted by Gasteiger charge is -2.36. The number of anilines is 1. The van der Waals surface area contributed by atoms with Crippen LogP contribution in [0.5, 0.6) is 0 Å². The molecule has 1 unspecified atom stereocenters. The summed E-state index contributed by atoms with van der Waals surface area (Å²) in [6, 6.07) is 4.11. The highest BCUT2D eigenvalue weighted by molar-refractivity contribution is 5.79. The lowest BCUT2D eigenvalue weighted by atomic mass is 9.98. The molecule has 0 bridgehead atoms. The quantitative estimate of drug-likeness (QED) is 0.844. The van der Waals surface area contributed by atoms with Gasteiger partial charge in [0.2, 0.25) is 5.91 Å². The second-order valence-electron chi connectivity index (χ2n) is 6.82. The summed E-state index contributed by atoms with van der Waals surface area (Å²) in [7, 11) is 4.03. The molecule has 0 aliphatic carbocycles. The highest BCUT2D eigenvalue weighted by Crippen LogP contribution is 2.27. The van der Waals surface area contributed by atoms with Crippen molar-refractivity contribution in [3.63, 3.8) is 0 Å². The molecule has 3 rings (SSSR count). The fraction of sp³-hybridized carbons (Fsp3) is 0.667. The van der Waals surface area contributed by atoms with Crippen molar-refractivity contribution < 1.29 is 14.3 Å². The maximum absolute atomic E-state index is 12.8. The minimum Gasteiger partial charge on any atom is -0.381 e. The van der Waals surface area contributed by atoms with Crippen molar-refractivity contribution in [2.24, 2.45) is 5.92 Å². The van der Waals surface area contributed by atoms with Crippen molar-refractivity contribution in [1.29, 1.82) is 0 Å². The number of aryl methyl sites for hydroxylation is 1. The van der Waals surface area contributed by atoms with E-state index in [1.54, 1.807) is 0 Å². The van der Waals surface area contributed by atoms with Gasteiger partial charge in [-0.05, 0) is 31.9 Å². The van der Waals surface area contributed by atoms with Crippen LogP contribution >= 0.6 is 0 Å². The van der Waals surface area contributed by atoms with Gasteiger partial charge in [-0.1, -0.05) is 0 Å². The number of amides is 1. The Kier molecular flexibility index (Phi) is 5.36. The van der Waals surface area contributed by atoms with Gasteiger partial charge in [0, 0.05) is 51.2 Å². The predicted octanol–water partition coefficient (Wildman–Crippen LogP) is 1.78. The molecule has 2 aliphatic rings. The van der Waals surface area contributed by atoms with Crippen molar-refractivity contribution in [3.05, 3.63) is 23.5 Å². The predicted molar refractivity (Wildman–Crippen MR) is 92.1 cm³/mol. The highest BCUT2D eigenvalue weighted by Gasteiger charge is 2.31. The molecule has 6 heteroatoms. The van der Waals surface area contributed by atoms with Gasteiger partial charge in [0.25, 0.3) is 0 Å². The normalized spacial score (nSPS) is 22.5. The number of rotatable bonds is 3. The van der Waals surface area contributed by atoms with Crippen molar-refractivity contribution in [2.75, 3.05) is 51.9 Å². The van der Waals surface area contributed by atoms with Crippen LogP contribution in [0.4, 0.5) is 5.69 Å². The third-order valence-electron chi connectivity index (χ3n) is 4.75. The fourth-order valence-electron chi connectivity index (χ4n) is 3.33. The minimum atomic E-state index is -0.152. The molecule has 2 aliphatic heterocycles. The summed E-state index contributed by atoms with van der Waals surface area (Å²) < 4.78 is 11.3. The van der Waals surface area contributed by atoms with Crippen LogP contribution in [0, 0.1) is 12.8 Å². The summed E-state index contributed by atoms with van der Waals surface area (Å²) in [5.74, 6) is 0.340. The first kappa shape index (κ1) is 17.2. The van der Waals surface area contributed by atoms with Crippen LogP contribution in [0.1, 0.15) is 30.3 Å². The smallest absolute Gasteiger partial charge is 0.226 e. The van der Waals surface area contributed by atoms with Gasteiger partial charge < -0.3 is 19.3 Å². The number of pyridine rings is 1. The second-order valence-corrected chi connectivity index (χ2v) is 6.82. The molecule has 1 aromatic heterocycles. The molecule has 2 saturated heterocycles. The average molecular weight is 333 g/mol. The van der Waals surface area contributed by atoms with Gasteiger partial charge in [-0.25, -0.2) is 0 Å². The van der Waals surface area contributed by atoms with Gasteiger partial charge in [0.1, 0.15) is 6.10 Å². The van der Waals surface area contributed by atoms with E-state index in [9.17, 15) is 4.79 Å². The fourth-order valence-corrected chi connectivity index (χ4v) is 3.33. The zero-order valence-electron chi connectivity index (χ0n) is 14.8. The Morgan fingerprint density at radius 3 is 2.71 bits per heavy atom. The third-order valence-corrected chi connectivity index (χ3v) is 4.75. The van der Waals surface area contributed by atoms with Crippen LogP contribution in [0.3, 0.4) is 0 Å². The number of ether oxygens (including phenoxy) is 2. The zero-order valence-corrected chi connectivity index (χ0v) is 14.8. The zero-order chi connectivity index (χ0) is 17.1. The van der Waals surface area contributed by atoms with Gasteiger partial charge in [0.05, 0.1) is 18.8 Å². The summed E-state index contributed by atoms with van der Waals surface area (Å²) in [6.45, 7) is 5.18. The SMILES string of the molecule is Cc1cc(N(C)C)cc(C2CN(C(=O)C3CCOCC3)CCO2)n1. The van der Waals surface area contributed by atoms with E-state index in [0.717, 1.165) is 29.9 Å². The van der Waals surface area contributed by atoms with Crippen LogP contribution < -0.4 is 4.90 Å². The molecule has 1 atom stereocenters. The molecule has 3 heterocycles. The van der Waals surface area contributed by atoms with Crippen molar-refractivity contribution in [2.45, 2.75) is 25.9 Å². The van der Waals surface area contributed by atoms with E-state index in [4.69, 9.17) is 9.47 Å². The molecule has 6 nitrogen and oxygen atoms in total. The molecule has 1 amide bonds. The molecule has 0 N–H and O–H groups in total.